The highest BCUT2D eigenvalue weighted by Gasteiger charge is 2.56. The summed E-state index contributed by atoms with van der Waals surface area (Å²) in [4.78, 5) is 33.0. The molecule has 0 aliphatic carbocycles. The molecule has 2 aliphatic heterocycles. The Morgan fingerprint density at radius 3 is 2.50 bits per heavy atom. The Kier molecular flexibility index (Phi) is 8.32. The minimum absolute atomic E-state index is 0.0397. The van der Waals surface area contributed by atoms with E-state index in [4.69, 9.17) is 4.74 Å². The predicted octanol–water partition coefficient (Wildman–Crippen LogP) is 3.39. The van der Waals surface area contributed by atoms with Crippen molar-refractivity contribution in [3.63, 3.8) is 0 Å². The number of carbonyl (C=O) groups is 2. The van der Waals surface area contributed by atoms with Crippen LogP contribution in [0.3, 0.4) is 0 Å². The van der Waals surface area contributed by atoms with Crippen molar-refractivity contribution in [1.82, 2.24) is 14.3 Å². The van der Waals surface area contributed by atoms with Gasteiger partial charge in [-0.3, -0.25) is 4.79 Å². The number of hydrogen-bond acceptors (Lipinski definition) is 10. The molecule has 4 rings (SSSR count). The highest BCUT2D eigenvalue weighted by Crippen LogP contribution is 2.36. The number of rotatable bonds is 8. The third-order valence-corrected chi connectivity index (χ3v) is 8.66. The van der Waals surface area contributed by atoms with Crippen LogP contribution in [0, 0.1) is 11.7 Å². The highest BCUT2D eigenvalue weighted by atomic mass is 32.2. The van der Waals surface area contributed by atoms with Crippen LogP contribution in [0.1, 0.15) is 38.9 Å². The average Bonchev–Trinajstić information content (AvgIpc) is 3.44. The number of anilines is 2. The van der Waals surface area contributed by atoms with E-state index in [2.05, 4.69) is 28.5 Å². The number of nitrogens with zero attached hydrogens (tertiary/aromatic N) is 4. The first-order chi connectivity index (χ1) is 18.6. The monoisotopic (exact) mass is 607 g/mol. The molecule has 2 saturated heterocycles. The molecular formula is C24H29F4N5O5S2. The number of amides is 1. The number of esters is 1. The van der Waals surface area contributed by atoms with Gasteiger partial charge in [-0.2, -0.15) is 17.5 Å². The van der Waals surface area contributed by atoms with Gasteiger partial charge in [0.15, 0.2) is 9.84 Å². The van der Waals surface area contributed by atoms with Crippen molar-refractivity contribution in [1.29, 1.82) is 0 Å². The fourth-order valence-electron chi connectivity index (χ4n) is 4.75. The van der Waals surface area contributed by atoms with Gasteiger partial charge in [0.2, 0.25) is 5.13 Å². The van der Waals surface area contributed by atoms with Crippen LogP contribution in [0.2, 0.25) is 0 Å². The highest BCUT2D eigenvalue weighted by molar-refractivity contribution is 7.90. The number of ether oxygens (including phenoxy) is 1. The Labute approximate surface area is 232 Å². The Hall–Kier alpha value is -3.01. The lowest BCUT2D eigenvalue weighted by molar-refractivity contribution is -0.211. The normalized spacial score (nSPS) is 20.9. The maximum Gasteiger partial charge on any atom is 0.491 e. The van der Waals surface area contributed by atoms with Gasteiger partial charge < -0.3 is 19.9 Å². The lowest BCUT2D eigenvalue weighted by Crippen LogP contribution is -2.54. The van der Waals surface area contributed by atoms with Gasteiger partial charge in [0.25, 0.3) is 11.6 Å². The molecule has 1 N–H and O–H groups in total. The summed E-state index contributed by atoms with van der Waals surface area (Å²) in [5.74, 6) is -3.53. The first kappa shape index (κ1) is 30.0. The Morgan fingerprint density at radius 1 is 1.25 bits per heavy atom. The van der Waals surface area contributed by atoms with E-state index < -0.39 is 45.1 Å². The zero-order chi connectivity index (χ0) is 29.5. The van der Waals surface area contributed by atoms with E-state index in [1.165, 1.54) is 16.4 Å². The van der Waals surface area contributed by atoms with Crippen molar-refractivity contribution in [3.05, 3.63) is 29.8 Å². The summed E-state index contributed by atoms with van der Waals surface area (Å²) in [7, 11) is -3.77. The van der Waals surface area contributed by atoms with E-state index in [0.717, 1.165) is 35.8 Å². The molecule has 1 amide bonds. The minimum Gasteiger partial charge on any atom is -0.423 e. The van der Waals surface area contributed by atoms with E-state index in [1.54, 1.807) is 0 Å². The molecule has 1 atom stereocenters. The van der Waals surface area contributed by atoms with Crippen molar-refractivity contribution in [2.75, 3.05) is 36.1 Å². The van der Waals surface area contributed by atoms with Crippen molar-refractivity contribution >= 4 is 44.1 Å². The number of carbonyl (C=O) groups excluding carboxylic acids is 2. The van der Waals surface area contributed by atoms with Gasteiger partial charge in [0.1, 0.15) is 11.6 Å². The second kappa shape index (κ2) is 11.1. The maximum absolute atomic E-state index is 14.8. The fraction of sp³-hybridized carbons (Fsp3) is 0.583. The number of sulfone groups is 1. The lowest BCUT2D eigenvalue weighted by Gasteiger charge is -2.37. The van der Waals surface area contributed by atoms with Crippen LogP contribution in [-0.2, 0) is 30.6 Å². The van der Waals surface area contributed by atoms with E-state index in [1.807, 2.05) is 4.90 Å². The third kappa shape index (κ3) is 6.48. The van der Waals surface area contributed by atoms with Crippen LogP contribution >= 0.6 is 11.5 Å². The van der Waals surface area contributed by atoms with E-state index in [-0.39, 0.29) is 23.9 Å². The van der Waals surface area contributed by atoms with Gasteiger partial charge in [0, 0.05) is 56.3 Å². The SMILES string of the molecule is CC(C)Cc1nsc(N2CCC(N3CC[C@](Nc4ccc(S(C)(=O)=O)cc4F)(OC(=O)C(F)(F)F)C3=O)CC2)n1. The summed E-state index contributed by atoms with van der Waals surface area (Å²) >= 11 is 1.28. The van der Waals surface area contributed by atoms with Crippen LogP contribution in [-0.4, -0.2) is 78.4 Å². The standard InChI is InChI=1S/C24H29F4N5O5S2/c1-14(2)12-19-29-22(39-31-19)32-9-6-15(7-10-32)33-11-8-23(20(33)34,38-21(35)24(26,27)28)30-18-5-4-16(13-17(18)25)40(3,36)37/h4-5,13-15,30H,6-12H2,1-3H3/t23-/m0/s1. The summed E-state index contributed by atoms with van der Waals surface area (Å²) < 4.78 is 86.8. The average molecular weight is 608 g/mol. The number of piperidine rings is 1. The number of likely N-dealkylation sites (tertiary alicyclic amines) is 1. The molecule has 0 bridgehead atoms. The molecule has 0 radical (unpaired) electrons. The van der Waals surface area contributed by atoms with E-state index in [9.17, 15) is 35.6 Å². The molecule has 1 aromatic heterocycles. The van der Waals surface area contributed by atoms with Gasteiger partial charge in [-0.25, -0.2) is 22.6 Å². The van der Waals surface area contributed by atoms with Gasteiger partial charge in [-0.15, -0.1) is 0 Å². The van der Waals surface area contributed by atoms with Crippen molar-refractivity contribution in [3.8, 4) is 0 Å². The van der Waals surface area contributed by atoms with E-state index >= 15 is 0 Å². The van der Waals surface area contributed by atoms with Crippen molar-refractivity contribution < 1.29 is 40.3 Å². The fourth-order valence-corrected chi connectivity index (χ4v) is 6.13. The molecule has 2 fully saturated rings. The number of hydrogen-bond donors (Lipinski definition) is 1. The predicted molar refractivity (Wildman–Crippen MR) is 138 cm³/mol. The van der Waals surface area contributed by atoms with E-state index in [0.29, 0.717) is 37.9 Å². The van der Waals surface area contributed by atoms with Gasteiger partial charge >= 0.3 is 12.1 Å². The van der Waals surface area contributed by atoms with Crippen LogP contribution in [0.15, 0.2) is 23.1 Å². The largest absolute Gasteiger partial charge is 0.491 e. The second-order valence-corrected chi connectivity index (χ2v) is 13.1. The minimum atomic E-state index is -5.40. The molecule has 220 valence electrons. The summed E-state index contributed by atoms with van der Waals surface area (Å²) in [5.41, 5.74) is -3.01. The first-order valence-electron chi connectivity index (χ1n) is 12.6. The summed E-state index contributed by atoms with van der Waals surface area (Å²) in [6.45, 7) is 5.14. The van der Waals surface area contributed by atoms with Crippen LogP contribution in [0.25, 0.3) is 0 Å². The smallest absolute Gasteiger partial charge is 0.423 e. The molecule has 2 aromatic rings. The third-order valence-electron chi connectivity index (χ3n) is 6.74. The molecule has 16 heteroatoms. The Balaban J connectivity index is 1.52. The number of nitrogens with one attached hydrogen (secondary N) is 1. The number of halogens is 4. The van der Waals surface area contributed by atoms with Crippen molar-refractivity contribution in [2.24, 2.45) is 5.92 Å². The molecule has 40 heavy (non-hydrogen) atoms. The molecule has 2 aliphatic rings. The summed E-state index contributed by atoms with van der Waals surface area (Å²) in [6, 6.07) is 2.31. The molecule has 0 spiro atoms. The lowest BCUT2D eigenvalue weighted by atomic mass is 10.0. The van der Waals surface area contributed by atoms with Crippen LogP contribution < -0.4 is 10.2 Å². The van der Waals surface area contributed by atoms with Crippen LogP contribution in [0.4, 0.5) is 28.4 Å². The molecule has 0 saturated carbocycles. The molecule has 1 aromatic carbocycles. The topological polar surface area (TPSA) is 122 Å². The van der Waals surface area contributed by atoms with Gasteiger partial charge in [0.05, 0.1) is 10.6 Å². The van der Waals surface area contributed by atoms with Gasteiger partial charge in [-0.05, 0) is 37.0 Å². The molecular weight excluding hydrogens is 578 g/mol. The van der Waals surface area contributed by atoms with Crippen LogP contribution in [0.5, 0.6) is 0 Å². The zero-order valence-corrected chi connectivity index (χ0v) is 23.6. The number of alkyl halides is 3. The summed E-state index contributed by atoms with van der Waals surface area (Å²) in [6.07, 6.45) is -3.21. The quantitative estimate of drug-likeness (QED) is 0.273. The Morgan fingerprint density at radius 2 is 1.93 bits per heavy atom. The van der Waals surface area contributed by atoms with Gasteiger partial charge in [-0.1, -0.05) is 13.8 Å². The molecule has 3 heterocycles. The summed E-state index contributed by atoms with van der Waals surface area (Å²) in [5, 5.41) is 3.10. The Bertz CT molecular complexity index is 1380. The second-order valence-electron chi connectivity index (χ2n) is 10.3. The van der Waals surface area contributed by atoms with Crippen molar-refractivity contribution in [2.45, 2.75) is 62.4 Å². The molecule has 0 unspecified atom stereocenters. The maximum atomic E-state index is 14.8. The number of aromatic nitrogens is 2. The number of benzene rings is 1. The zero-order valence-electron chi connectivity index (χ0n) is 22.0. The first-order valence-corrected chi connectivity index (χ1v) is 15.2. The molecule has 10 nitrogen and oxygen atoms in total.